The van der Waals surface area contributed by atoms with Crippen LogP contribution in [0, 0.1) is 0 Å². The minimum Gasteiger partial charge on any atom is -0.309 e. The third-order valence-corrected chi connectivity index (χ3v) is 3.87. The molecule has 0 aromatic carbocycles. The molecule has 0 aliphatic carbocycles. The Balaban J connectivity index is 2.03. The lowest BCUT2D eigenvalue weighted by Gasteiger charge is -2.04. The van der Waals surface area contributed by atoms with Gasteiger partial charge in [-0.3, -0.25) is 0 Å². The van der Waals surface area contributed by atoms with Gasteiger partial charge in [-0.05, 0) is 25.6 Å². The Morgan fingerprint density at radius 3 is 3.38 bits per heavy atom. The highest BCUT2D eigenvalue weighted by atomic mass is 32.2. The van der Waals surface area contributed by atoms with Crippen LogP contribution in [-0.4, -0.2) is 17.8 Å². The second kappa shape index (κ2) is 4.44. The van der Waals surface area contributed by atoms with E-state index in [0.717, 1.165) is 12.3 Å². The van der Waals surface area contributed by atoms with E-state index >= 15 is 0 Å². The average Bonchev–Trinajstić information content (AvgIpc) is 2.70. The third-order valence-electron chi connectivity index (χ3n) is 2.25. The van der Waals surface area contributed by atoms with E-state index in [1.54, 1.807) is 11.3 Å². The van der Waals surface area contributed by atoms with Gasteiger partial charge < -0.3 is 5.32 Å². The number of hydrogen-bond donors (Lipinski definition) is 1. The van der Waals surface area contributed by atoms with Crippen LogP contribution in [0.2, 0.25) is 0 Å². The lowest BCUT2D eigenvalue weighted by Crippen LogP contribution is -2.13. The van der Waals surface area contributed by atoms with E-state index in [-0.39, 0.29) is 0 Å². The summed E-state index contributed by atoms with van der Waals surface area (Å²) in [5.41, 5.74) is 1.26. The van der Waals surface area contributed by atoms with E-state index in [9.17, 15) is 0 Å². The van der Waals surface area contributed by atoms with Crippen LogP contribution in [0.15, 0.2) is 5.38 Å². The first-order chi connectivity index (χ1) is 6.40. The lowest BCUT2D eigenvalue weighted by molar-refractivity contribution is 0.630. The molecule has 1 aliphatic heterocycles. The van der Waals surface area contributed by atoms with Crippen LogP contribution < -0.4 is 5.32 Å². The van der Waals surface area contributed by atoms with Gasteiger partial charge in [-0.15, -0.1) is 11.3 Å². The molecule has 0 spiro atoms. The summed E-state index contributed by atoms with van der Waals surface area (Å²) < 4.78 is 0. The highest BCUT2D eigenvalue weighted by molar-refractivity contribution is 7.97. The molecule has 1 unspecified atom stereocenters. The predicted molar refractivity (Wildman–Crippen MR) is 59.3 cm³/mol. The summed E-state index contributed by atoms with van der Waals surface area (Å²) in [6.07, 6.45) is 4.66. The molecule has 72 valence electrons. The van der Waals surface area contributed by atoms with Gasteiger partial charge in [-0.25, -0.2) is 4.98 Å². The third kappa shape index (κ3) is 2.24. The number of hydrogen-bond acceptors (Lipinski definition) is 4. The minimum atomic E-state index is 0.534. The Morgan fingerprint density at radius 2 is 2.69 bits per heavy atom. The van der Waals surface area contributed by atoms with Crippen molar-refractivity contribution in [2.75, 3.05) is 12.8 Å². The van der Waals surface area contributed by atoms with E-state index < -0.39 is 0 Å². The molecule has 0 bridgehead atoms. The summed E-state index contributed by atoms with van der Waals surface area (Å²) in [5.74, 6) is 1.05. The van der Waals surface area contributed by atoms with E-state index in [4.69, 9.17) is 0 Å². The molecule has 1 aromatic heterocycles. The summed E-state index contributed by atoms with van der Waals surface area (Å²) in [6, 6.07) is 0.534. The first-order valence-corrected chi connectivity index (χ1v) is 6.84. The van der Waals surface area contributed by atoms with Crippen molar-refractivity contribution >= 4 is 23.1 Å². The molecule has 2 nitrogen and oxygen atoms in total. The van der Waals surface area contributed by atoms with Gasteiger partial charge in [0.05, 0.1) is 11.7 Å². The summed E-state index contributed by atoms with van der Waals surface area (Å²) in [4.78, 5) is 4.62. The monoisotopic (exact) mass is 214 g/mol. The molecular formula is C9H14N2S2. The molecule has 1 aliphatic rings. The fourth-order valence-electron chi connectivity index (χ4n) is 1.61. The number of thiazole rings is 1. The molecule has 2 rings (SSSR count). The Labute approximate surface area is 87.1 Å². The maximum atomic E-state index is 4.62. The van der Waals surface area contributed by atoms with Gasteiger partial charge in [0.1, 0.15) is 5.01 Å². The molecule has 0 amide bonds. The van der Waals surface area contributed by atoms with Crippen LogP contribution in [0.25, 0.3) is 0 Å². The highest BCUT2D eigenvalue weighted by Crippen LogP contribution is 2.25. The van der Waals surface area contributed by atoms with Crippen molar-refractivity contribution in [3.05, 3.63) is 16.1 Å². The van der Waals surface area contributed by atoms with Crippen LogP contribution in [-0.2, 0) is 5.75 Å². The molecule has 1 atom stereocenters. The number of nitrogens with zero attached hydrogens (tertiary/aromatic N) is 1. The summed E-state index contributed by atoms with van der Waals surface area (Å²) in [7, 11) is 0. The first-order valence-electron chi connectivity index (χ1n) is 4.57. The Kier molecular flexibility index (Phi) is 3.24. The molecule has 13 heavy (non-hydrogen) atoms. The Bertz CT molecular complexity index is 266. The topological polar surface area (TPSA) is 24.9 Å². The molecule has 2 heterocycles. The average molecular weight is 214 g/mol. The van der Waals surface area contributed by atoms with Crippen LogP contribution in [0.5, 0.6) is 0 Å². The molecule has 1 aromatic rings. The lowest BCUT2D eigenvalue weighted by atomic mass is 10.2. The Hall–Kier alpha value is -0.0600. The van der Waals surface area contributed by atoms with Crippen LogP contribution in [0.3, 0.4) is 0 Å². The largest absolute Gasteiger partial charge is 0.309 e. The fraction of sp³-hybridized carbons (Fsp3) is 0.667. The zero-order chi connectivity index (χ0) is 9.10. The van der Waals surface area contributed by atoms with Gasteiger partial charge in [0.2, 0.25) is 0 Å². The number of aromatic nitrogens is 1. The molecular weight excluding hydrogens is 200 g/mol. The molecule has 4 heteroatoms. The predicted octanol–water partition coefficient (Wildman–Crippen LogP) is 2.43. The van der Waals surface area contributed by atoms with E-state index in [1.807, 2.05) is 11.8 Å². The summed E-state index contributed by atoms with van der Waals surface area (Å²) >= 11 is 3.63. The van der Waals surface area contributed by atoms with Crippen molar-refractivity contribution in [3.63, 3.8) is 0 Å². The van der Waals surface area contributed by atoms with Gasteiger partial charge in [-0.1, -0.05) is 0 Å². The minimum absolute atomic E-state index is 0.534. The second-order valence-electron chi connectivity index (χ2n) is 3.25. The molecule has 0 saturated carbocycles. The number of thioether (sulfide) groups is 1. The fourth-order valence-corrected chi connectivity index (χ4v) is 3.18. The van der Waals surface area contributed by atoms with Gasteiger partial charge >= 0.3 is 0 Å². The van der Waals surface area contributed by atoms with Crippen molar-refractivity contribution < 1.29 is 0 Å². The zero-order valence-corrected chi connectivity index (χ0v) is 9.38. The van der Waals surface area contributed by atoms with Crippen LogP contribution in [0.4, 0.5) is 0 Å². The molecule has 0 radical (unpaired) electrons. The van der Waals surface area contributed by atoms with Gasteiger partial charge in [0.25, 0.3) is 0 Å². The van der Waals surface area contributed by atoms with Crippen molar-refractivity contribution in [2.45, 2.75) is 24.6 Å². The van der Waals surface area contributed by atoms with Crippen molar-refractivity contribution in [2.24, 2.45) is 0 Å². The highest BCUT2D eigenvalue weighted by Gasteiger charge is 2.18. The SMILES string of the molecule is CSCc1nc(C2CCCN2)cs1. The van der Waals surface area contributed by atoms with E-state index in [2.05, 4.69) is 21.9 Å². The quantitative estimate of drug-likeness (QED) is 0.836. The zero-order valence-electron chi connectivity index (χ0n) is 7.75. The van der Waals surface area contributed by atoms with Crippen molar-refractivity contribution in [1.82, 2.24) is 10.3 Å². The van der Waals surface area contributed by atoms with E-state index in [0.29, 0.717) is 6.04 Å². The van der Waals surface area contributed by atoms with Crippen LogP contribution >= 0.6 is 23.1 Å². The summed E-state index contributed by atoms with van der Waals surface area (Å²) in [5, 5.41) is 6.93. The first kappa shape index (κ1) is 9.49. The van der Waals surface area contributed by atoms with Crippen molar-refractivity contribution in [1.29, 1.82) is 0 Å². The number of nitrogens with one attached hydrogen (secondary N) is 1. The maximum absolute atomic E-state index is 4.62. The molecule has 1 saturated heterocycles. The number of rotatable bonds is 3. The summed E-state index contributed by atoms with van der Waals surface area (Å²) in [6.45, 7) is 1.15. The van der Waals surface area contributed by atoms with Gasteiger partial charge in [-0.2, -0.15) is 11.8 Å². The maximum Gasteiger partial charge on any atom is 0.103 e. The van der Waals surface area contributed by atoms with Gasteiger partial charge in [0, 0.05) is 11.1 Å². The second-order valence-corrected chi connectivity index (χ2v) is 5.06. The van der Waals surface area contributed by atoms with Crippen molar-refractivity contribution in [3.8, 4) is 0 Å². The normalized spacial score (nSPS) is 22.4. The standard InChI is InChI=1S/C9H14N2S2/c1-12-6-9-11-8(5-13-9)7-3-2-4-10-7/h5,7,10H,2-4,6H2,1H3. The Morgan fingerprint density at radius 1 is 1.77 bits per heavy atom. The van der Waals surface area contributed by atoms with Gasteiger partial charge in [0.15, 0.2) is 0 Å². The smallest absolute Gasteiger partial charge is 0.103 e. The molecule has 1 N–H and O–H groups in total. The van der Waals surface area contributed by atoms with E-state index in [1.165, 1.54) is 23.5 Å². The molecule has 1 fully saturated rings. The van der Waals surface area contributed by atoms with Crippen LogP contribution in [0.1, 0.15) is 29.6 Å².